The molecule has 2 rings (SSSR count). The average Bonchev–Trinajstić information content (AvgIpc) is 2.67. The van der Waals surface area contributed by atoms with Crippen LogP contribution in [0.5, 0.6) is 0 Å². The van der Waals surface area contributed by atoms with E-state index in [1.54, 1.807) is 10.7 Å². The van der Waals surface area contributed by atoms with Crippen molar-refractivity contribution in [1.29, 1.82) is 0 Å². The van der Waals surface area contributed by atoms with Crippen molar-refractivity contribution in [2.24, 2.45) is 7.05 Å². The molecule has 0 aliphatic carbocycles. The monoisotopic (exact) mass is 274 g/mol. The van der Waals surface area contributed by atoms with Crippen LogP contribution in [0, 0.1) is 0 Å². The highest BCUT2D eigenvalue weighted by Crippen LogP contribution is 2.24. The van der Waals surface area contributed by atoms with Crippen molar-refractivity contribution in [2.45, 2.75) is 39.5 Å². The quantitative estimate of drug-likeness (QED) is 0.898. The molecule has 0 aromatic carbocycles. The second kappa shape index (κ2) is 5.11. The third kappa shape index (κ3) is 3.07. The maximum Gasteiger partial charge on any atom is 0.138 e. The molecule has 0 aliphatic heterocycles. The summed E-state index contributed by atoms with van der Waals surface area (Å²) in [5.41, 5.74) is 7.68. The summed E-state index contributed by atoms with van der Waals surface area (Å²) in [4.78, 5) is 8.85. The molecular formula is C14H22N6. The summed E-state index contributed by atoms with van der Waals surface area (Å²) in [6.45, 7) is 8.26. The topological polar surface area (TPSA) is 81.7 Å². The fourth-order valence-electron chi connectivity index (χ4n) is 1.90. The zero-order chi connectivity index (χ0) is 14.9. The van der Waals surface area contributed by atoms with Crippen LogP contribution in [0.3, 0.4) is 0 Å². The maximum absolute atomic E-state index is 5.87. The van der Waals surface area contributed by atoms with E-state index in [1.165, 1.54) is 0 Å². The van der Waals surface area contributed by atoms with Crippen molar-refractivity contribution < 1.29 is 0 Å². The number of anilines is 3. The van der Waals surface area contributed by atoms with Crippen LogP contribution in [-0.2, 0) is 18.9 Å². The zero-order valence-corrected chi connectivity index (χ0v) is 12.7. The molecule has 0 radical (unpaired) electrons. The molecule has 6 heteroatoms. The van der Waals surface area contributed by atoms with Gasteiger partial charge in [0.05, 0.1) is 11.4 Å². The summed E-state index contributed by atoms with van der Waals surface area (Å²) in [6, 6.07) is 1.74. The second-order valence-electron chi connectivity index (χ2n) is 5.89. The van der Waals surface area contributed by atoms with Crippen LogP contribution in [-0.4, -0.2) is 19.7 Å². The van der Waals surface area contributed by atoms with Gasteiger partial charge in [-0.15, -0.1) is 0 Å². The van der Waals surface area contributed by atoms with Gasteiger partial charge in [0.25, 0.3) is 0 Å². The number of nitrogens with zero attached hydrogens (tertiary/aromatic N) is 4. The first kappa shape index (κ1) is 14.3. The lowest BCUT2D eigenvalue weighted by molar-refractivity contribution is 0.547. The molecule has 0 saturated carbocycles. The number of hydrogen-bond acceptors (Lipinski definition) is 5. The Labute approximate surface area is 119 Å². The van der Waals surface area contributed by atoms with Crippen molar-refractivity contribution in [2.75, 3.05) is 11.1 Å². The molecule has 0 fully saturated rings. The molecule has 0 saturated heterocycles. The molecule has 2 aromatic rings. The van der Waals surface area contributed by atoms with Crippen LogP contribution in [0.2, 0.25) is 0 Å². The molecule has 108 valence electrons. The van der Waals surface area contributed by atoms with Crippen molar-refractivity contribution in [1.82, 2.24) is 19.7 Å². The van der Waals surface area contributed by atoms with E-state index in [-0.39, 0.29) is 5.41 Å². The summed E-state index contributed by atoms with van der Waals surface area (Å²) in [6.07, 6.45) is 2.80. The molecular weight excluding hydrogens is 252 g/mol. The normalized spacial score (nSPS) is 11.7. The Morgan fingerprint density at radius 3 is 2.60 bits per heavy atom. The molecule has 0 spiro atoms. The van der Waals surface area contributed by atoms with E-state index < -0.39 is 0 Å². The van der Waals surface area contributed by atoms with E-state index >= 15 is 0 Å². The highest BCUT2D eigenvalue weighted by atomic mass is 15.3. The number of nitrogens with one attached hydrogen (secondary N) is 1. The Hall–Kier alpha value is -2.11. The number of hydrogen-bond donors (Lipinski definition) is 2. The fourth-order valence-corrected chi connectivity index (χ4v) is 1.90. The van der Waals surface area contributed by atoms with E-state index in [2.05, 4.69) is 48.1 Å². The van der Waals surface area contributed by atoms with Crippen LogP contribution in [0.1, 0.15) is 39.2 Å². The molecule has 0 aliphatic rings. The van der Waals surface area contributed by atoms with Gasteiger partial charge < -0.3 is 11.1 Å². The van der Waals surface area contributed by atoms with Crippen LogP contribution >= 0.6 is 0 Å². The highest BCUT2D eigenvalue weighted by Gasteiger charge is 2.19. The molecule has 2 aromatic heterocycles. The summed E-state index contributed by atoms with van der Waals surface area (Å²) in [7, 11) is 1.90. The van der Waals surface area contributed by atoms with Crippen molar-refractivity contribution in [3.05, 3.63) is 23.8 Å². The van der Waals surface area contributed by atoms with Gasteiger partial charge in [0.2, 0.25) is 0 Å². The van der Waals surface area contributed by atoms with Gasteiger partial charge in [-0.05, 0) is 6.42 Å². The van der Waals surface area contributed by atoms with E-state index in [9.17, 15) is 0 Å². The molecule has 20 heavy (non-hydrogen) atoms. The van der Waals surface area contributed by atoms with Gasteiger partial charge >= 0.3 is 0 Å². The standard InChI is InChI=1S/C14H22N6/c1-6-9-10(8-20(5)19-9)16-12-7-11(15)17-13(18-12)14(2,3)4/h7-8H,6H2,1-5H3,(H3,15,16,17,18). The number of nitrogens with two attached hydrogens (primary N) is 1. The second-order valence-corrected chi connectivity index (χ2v) is 5.89. The van der Waals surface area contributed by atoms with Gasteiger partial charge in [0.15, 0.2) is 0 Å². The van der Waals surface area contributed by atoms with Crippen LogP contribution in [0.25, 0.3) is 0 Å². The summed E-state index contributed by atoms with van der Waals surface area (Å²) >= 11 is 0. The molecule has 0 bridgehead atoms. The number of aryl methyl sites for hydroxylation is 2. The fraction of sp³-hybridized carbons (Fsp3) is 0.500. The van der Waals surface area contributed by atoms with E-state index in [1.807, 2.05) is 13.2 Å². The smallest absolute Gasteiger partial charge is 0.138 e. The van der Waals surface area contributed by atoms with Crippen LogP contribution in [0.4, 0.5) is 17.3 Å². The minimum absolute atomic E-state index is 0.145. The van der Waals surface area contributed by atoms with Crippen molar-refractivity contribution in [3.63, 3.8) is 0 Å². The lowest BCUT2D eigenvalue weighted by atomic mass is 9.96. The Morgan fingerprint density at radius 1 is 1.30 bits per heavy atom. The third-order valence-electron chi connectivity index (χ3n) is 2.92. The number of aromatic nitrogens is 4. The first-order valence-corrected chi connectivity index (χ1v) is 6.74. The largest absolute Gasteiger partial charge is 0.384 e. The molecule has 0 unspecified atom stereocenters. The van der Waals surface area contributed by atoms with Crippen LogP contribution < -0.4 is 11.1 Å². The van der Waals surface area contributed by atoms with Gasteiger partial charge in [-0.3, -0.25) is 4.68 Å². The minimum atomic E-state index is -0.145. The molecule has 0 atom stereocenters. The lowest BCUT2D eigenvalue weighted by Gasteiger charge is -2.18. The Balaban J connectivity index is 2.36. The number of rotatable bonds is 3. The first-order valence-electron chi connectivity index (χ1n) is 6.74. The van der Waals surface area contributed by atoms with Gasteiger partial charge in [0.1, 0.15) is 17.5 Å². The maximum atomic E-state index is 5.87. The van der Waals surface area contributed by atoms with E-state index in [0.717, 1.165) is 23.6 Å². The predicted molar refractivity (Wildman–Crippen MR) is 81.0 cm³/mol. The number of nitrogen functional groups attached to an aromatic ring is 1. The van der Waals surface area contributed by atoms with E-state index in [4.69, 9.17) is 5.73 Å². The average molecular weight is 274 g/mol. The highest BCUT2D eigenvalue weighted by molar-refractivity contribution is 5.60. The third-order valence-corrected chi connectivity index (χ3v) is 2.92. The minimum Gasteiger partial charge on any atom is -0.384 e. The first-order chi connectivity index (χ1) is 9.29. The SMILES string of the molecule is CCc1nn(C)cc1Nc1cc(N)nc(C(C)(C)C)n1. The lowest BCUT2D eigenvalue weighted by Crippen LogP contribution is -2.17. The van der Waals surface area contributed by atoms with Crippen molar-refractivity contribution >= 4 is 17.3 Å². The summed E-state index contributed by atoms with van der Waals surface area (Å²) in [5, 5.41) is 7.68. The van der Waals surface area contributed by atoms with Gasteiger partial charge in [-0.2, -0.15) is 5.10 Å². The molecule has 2 heterocycles. The van der Waals surface area contributed by atoms with Gasteiger partial charge in [0, 0.05) is 24.7 Å². The predicted octanol–water partition coefficient (Wildman–Crippen LogP) is 2.40. The van der Waals surface area contributed by atoms with Crippen LogP contribution in [0.15, 0.2) is 12.3 Å². The summed E-state index contributed by atoms with van der Waals surface area (Å²) in [5.74, 6) is 1.89. The van der Waals surface area contributed by atoms with Crippen molar-refractivity contribution in [3.8, 4) is 0 Å². The Bertz CT molecular complexity index is 609. The van der Waals surface area contributed by atoms with Gasteiger partial charge in [-0.25, -0.2) is 9.97 Å². The van der Waals surface area contributed by atoms with Gasteiger partial charge in [-0.1, -0.05) is 27.7 Å². The Morgan fingerprint density at radius 2 is 2.00 bits per heavy atom. The zero-order valence-electron chi connectivity index (χ0n) is 12.7. The van der Waals surface area contributed by atoms with E-state index in [0.29, 0.717) is 11.6 Å². The molecule has 0 amide bonds. The molecule has 6 nitrogen and oxygen atoms in total. The molecule has 3 N–H and O–H groups in total. The summed E-state index contributed by atoms with van der Waals surface area (Å²) < 4.78 is 1.79. The Kier molecular flexibility index (Phi) is 3.65.